The van der Waals surface area contributed by atoms with Crippen LogP contribution in [-0.2, 0) is 14.9 Å². The first-order valence-corrected chi connectivity index (χ1v) is 5.90. The minimum atomic E-state index is -0.420. The first kappa shape index (κ1) is 12.1. The highest BCUT2D eigenvalue weighted by atomic mass is 16.5. The van der Waals surface area contributed by atoms with Gasteiger partial charge in [-0.25, -0.2) is 0 Å². The van der Waals surface area contributed by atoms with Crippen molar-refractivity contribution < 1.29 is 14.3 Å². The fraction of sp³-hybridized carbons (Fsp3) is 0.500. The van der Waals surface area contributed by atoms with Crippen molar-refractivity contribution in [2.24, 2.45) is 0 Å². The summed E-state index contributed by atoms with van der Waals surface area (Å²) < 4.78 is 10.8. The third-order valence-corrected chi connectivity index (χ3v) is 3.15. The normalized spacial score (nSPS) is 17.6. The first-order chi connectivity index (χ1) is 8.04. The quantitative estimate of drug-likeness (QED) is 0.802. The van der Waals surface area contributed by atoms with Crippen LogP contribution >= 0.6 is 0 Å². The molecular formula is C14H18O3. The Morgan fingerprint density at radius 2 is 1.88 bits per heavy atom. The summed E-state index contributed by atoms with van der Waals surface area (Å²) in [4.78, 5) is 11.7. The van der Waals surface area contributed by atoms with Gasteiger partial charge in [0.05, 0.1) is 19.3 Å². The summed E-state index contributed by atoms with van der Waals surface area (Å²) >= 11 is 0. The van der Waals surface area contributed by atoms with E-state index < -0.39 is 5.41 Å². The molecule has 1 aliphatic heterocycles. The number of ether oxygens (including phenoxy) is 2. The van der Waals surface area contributed by atoms with Gasteiger partial charge in [-0.05, 0) is 38.5 Å². The summed E-state index contributed by atoms with van der Waals surface area (Å²) in [6.07, 6.45) is 0.162. The summed E-state index contributed by atoms with van der Waals surface area (Å²) in [5.74, 6) is 1.00. The van der Waals surface area contributed by atoms with Gasteiger partial charge in [0.1, 0.15) is 16.9 Å². The molecule has 0 aromatic heterocycles. The molecule has 2 rings (SSSR count). The van der Waals surface area contributed by atoms with Crippen molar-refractivity contribution in [2.75, 3.05) is 13.2 Å². The molecule has 1 heterocycles. The summed E-state index contributed by atoms with van der Waals surface area (Å²) in [5, 5.41) is 0. The molecule has 1 saturated heterocycles. The molecule has 17 heavy (non-hydrogen) atoms. The lowest BCUT2D eigenvalue weighted by molar-refractivity contribution is -0.140. The predicted octanol–water partition coefficient (Wildman–Crippen LogP) is 2.33. The van der Waals surface area contributed by atoms with Gasteiger partial charge in [0.15, 0.2) is 0 Å². The predicted molar refractivity (Wildman–Crippen MR) is 65.4 cm³/mol. The second-order valence-electron chi connectivity index (χ2n) is 4.82. The second-order valence-corrected chi connectivity index (χ2v) is 4.82. The molecule has 1 aromatic carbocycles. The molecule has 0 bridgehead atoms. The van der Waals surface area contributed by atoms with E-state index in [1.54, 1.807) is 6.92 Å². The van der Waals surface area contributed by atoms with E-state index in [4.69, 9.17) is 9.47 Å². The van der Waals surface area contributed by atoms with Crippen molar-refractivity contribution in [3.63, 3.8) is 0 Å². The van der Waals surface area contributed by atoms with Crippen molar-refractivity contribution in [2.45, 2.75) is 32.3 Å². The van der Waals surface area contributed by atoms with Crippen molar-refractivity contribution in [1.82, 2.24) is 0 Å². The van der Waals surface area contributed by atoms with Gasteiger partial charge >= 0.3 is 0 Å². The van der Waals surface area contributed by atoms with Crippen LogP contribution in [-0.4, -0.2) is 25.1 Å². The van der Waals surface area contributed by atoms with Crippen LogP contribution in [0.2, 0.25) is 0 Å². The van der Waals surface area contributed by atoms with E-state index in [1.807, 2.05) is 38.1 Å². The Labute approximate surface area is 102 Å². The monoisotopic (exact) mass is 234 g/mol. The third-order valence-electron chi connectivity index (χ3n) is 3.15. The van der Waals surface area contributed by atoms with E-state index in [0.29, 0.717) is 13.2 Å². The Hall–Kier alpha value is -1.35. The fourth-order valence-electron chi connectivity index (χ4n) is 2.00. The van der Waals surface area contributed by atoms with Gasteiger partial charge in [0.25, 0.3) is 0 Å². The maximum atomic E-state index is 11.7. The van der Waals surface area contributed by atoms with Crippen LogP contribution in [0.5, 0.6) is 5.75 Å². The van der Waals surface area contributed by atoms with Crippen LogP contribution in [0.1, 0.15) is 26.3 Å². The smallest absolute Gasteiger partial charge is 0.145 e. The molecule has 0 saturated carbocycles. The van der Waals surface area contributed by atoms with E-state index in [0.717, 1.165) is 11.3 Å². The molecule has 0 amide bonds. The van der Waals surface area contributed by atoms with Gasteiger partial charge in [-0.15, -0.1) is 0 Å². The molecule has 3 nitrogen and oxygen atoms in total. The van der Waals surface area contributed by atoms with Crippen molar-refractivity contribution in [3.8, 4) is 5.75 Å². The van der Waals surface area contributed by atoms with Gasteiger partial charge in [0.2, 0.25) is 0 Å². The largest absolute Gasteiger partial charge is 0.491 e. The Balaban J connectivity index is 2.20. The topological polar surface area (TPSA) is 35.5 Å². The Morgan fingerprint density at radius 3 is 2.24 bits per heavy atom. The molecule has 1 fully saturated rings. The molecule has 1 aliphatic rings. The zero-order valence-corrected chi connectivity index (χ0v) is 10.5. The summed E-state index contributed by atoms with van der Waals surface area (Å²) in [7, 11) is 0. The highest BCUT2D eigenvalue weighted by Crippen LogP contribution is 2.34. The van der Waals surface area contributed by atoms with Gasteiger partial charge in [0, 0.05) is 0 Å². The Bertz CT molecular complexity index is 402. The van der Waals surface area contributed by atoms with Crippen LogP contribution in [0.4, 0.5) is 0 Å². The number of hydrogen-bond acceptors (Lipinski definition) is 3. The number of ketones is 1. The minimum absolute atomic E-state index is 0.162. The van der Waals surface area contributed by atoms with Crippen molar-refractivity contribution in [3.05, 3.63) is 29.8 Å². The van der Waals surface area contributed by atoms with E-state index >= 15 is 0 Å². The van der Waals surface area contributed by atoms with E-state index in [1.165, 1.54) is 0 Å². The summed E-state index contributed by atoms with van der Waals surface area (Å²) in [6.45, 7) is 6.59. The first-order valence-electron chi connectivity index (χ1n) is 5.90. The number of carbonyl (C=O) groups excluding carboxylic acids is 1. The van der Waals surface area contributed by atoms with Crippen LogP contribution < -0.4 is 4.74 Å². The molecule has 0 radical (unpaired) electrons. The van der Waals surface area contributed by atoms with Gasteiger partial charge in [-0.2, -0.15) is 0 Å². The Morgan fingerprint density at radius 1 is 1.29 bits per heavy atom. The fourth-order valence-corrected chi connectivity index (χ4v) is 2.00. The van der Waals surface area contributed by atoms with Crippen LogP contribution in [0, 0.1) is 0 Å². The lowest BCUT2D eigenvalue weighted by Crippen LogP contribution is -2.52. The number of rotatable bonds is 4. The molecule has 92 valence electrons. The molecule has 1 aromatic rings. The number of Topliss-reactive ketones (excluding diaryl/α,β-unsaturated/α-hetero) is 1. The lowest BCUT2D eigenvalue weighted by atomic mass is 9.75. The van der Waals surface area contributed by atoms with Gasteiger partial charge in [-0.3, -0.25) is 4.79 Å². The average molecular weight is 234 g/mol. The SMILES string of the molecule is CC(=O)C1(c2ccc(OC(C)C)cc2)COC1. The van der Waals surface area contributed by atoms with Crippen LogP contribution in [0.15, 0.2) is 24.3 Å². The number of hydrogen-bond donors (Lipinski definition) is 0. The molecule has 0 aliphatic carbocycles. The standard InChI is InChI=1S/C14H18O3/c1-10(2)17-13-6-4-12(5-7-13)14(11(3)15)8-16-9-14/h4-7,10H,8-9H2,1-3H3. The summed E-state index contributed by atoms with van der Waals surface area (Å²) in [6, 6.07) is 7.75. The van der Waals surface area contributed by atoms with Crippen LogP contribution in [0.3, 0.4) is 0 Å². The molecule has 0 N–H and O–H groups in total. The molecular weight excluding hydrogens is 216 g/mol. The molecule has 0 atom stereocenters. The van der Waals surface area contributed by atoms with Gasteiger partial charge < -0.3 is 9.47 Å². The van der Waals surface area contributed by atoms with Crippen molar-refractivity contribution in [1.29, 1.82) is 0 Å². The minimum Gasteiger partial charge on any atom is -0.491 e. The number of carbonyl (C=O) groups is 1. The zero-order valence-electron chi connectivity index (χ0n) is 10.5. The Kier molecular flexibility index (Phi) is 3.20. The van der Waals surface area contributed by atoms with Crippen LogP contribution in [0.25, 0.3) is 0 Å². The van der Waals surface area contributed by atoms with Gasteiger partial charge in [-0.1, -0.05) is 12.1 Å². The van der Waals surface area contributed by atoms with E-state index in [9.17, 15) is 4.79 Å². The zero-order chi connectivity index (χ0) is 12.5. The van der Waals surface area contributed by atoms with E-state index in [-0.39, 0.29) is 11.9 Å². The second kappa shape index (κ2) is 4.49. The maximum absolute atomic E-state index is 11.7. The summed E-state index contributed by atoms with van der Waals surface area (Å²) in [5.41, 5.74) is 0.600. The highest BCUT2D eigenvalue weighted by molar-refractivity contribution is 5.89. The molecule has 0 unspecified atom stereocenters. The molecule has 0 spiro atoms. The highest BCUT2D eigenvalue weighted by Gasteiger charge is 2.44. The number of benzene rings is 1. The lowest BCUT2D eigenvalue weighted by Gasteiger charge is -2.39. The third kappa shape index (κ3) is 2.20. The maximum Gasteiger partial charge on any atom is 0.145 e. The van der Waals surface area contributed by atoms with Crippen molar-refractivity contribution >= 4 is 5.78 Å². The molecule has 3 heteroatoms. The van der Waals surface area contributed by atoms with E-state index in [2.05, 4.69) is 0 Å². The average Bonchev–Trinajstić information content (AvgIpc) is 2.17.